The van der Waals surface area contributed by atoms with E-state index in [1.54, 1.807) is 11.4 Å². The van der Waals surface area contributed by atoms with Crippen LogP contribution in [-0.2, 0) is 0 Å². The van der Waals surface area contributed by atoms with Gasteiger partial charge in [0.05, 0.1) is 12.7 Å². The highest BCUT2D eigenvalue weighted by atomic mass is 32.1. The predicted molar refractivity (Wildman–Crippen MR) is 72.2 cm³/mol. The number of carbonyl (C=O) groups is 2. The molecule has 1 heterocycles. The summed E-state index contributed by atoms with van der Waals surface area (Å²) < 4.78 is 18.5. The van der Waals surface area contributed by atoms with Crippen molar-refractivity contribution in [1.82, 2.24) is 0 Å². The lowest BCUT2D eigenvalue weighted by Crippen LogP contribution is -2.12. The first-order chi connectivity index (χ1) is 9.52. The highest BCUT2D eigenvalue weighted by molar-refractivity contribution is 7.12. The molecule has 0 atom stereocenters. The lowest BCUT2D eigenvalue weighted by atomic mass is 10.2. The molecule has 0 unspecified atom stereocenters. The second kappa shape index (κ2) is 5.70. The first-order valence-electron chi connectivity index (χ1n) is 5.48. The molecule has 0 saturated carbocycles. The smallest absolute Gasteiger partial charge is 0.338 e. The van der Waals surface area contributed by atoms with Crippen LogP contribution in [0.2, 0.25) is 0 Å². The Hall–Kier alpha value is -2.41. The van der Waals surface area contributed by atoms with Crippen molar-refractivity contribution in [2.45, 2.75) is 0 Å². The van der Waals surface area contributed by atoms with E-state index in [1.807, 2.05) is 0 Å². The van der Waals surface area contributed by atoms with Crippen molar-refractivity contribution >= 4 is 28.9 Å². The number of amides is 1. The number of carbonyl (C=O) groups excluding carboxylic acids is 1. The monoisotopic (exact) mass is 295 g/mol. The third-order valence-corrected chi connectivity index (χ3v) is 3.41. The summed E-state index contributed by atoms with van der Waals surface area (Å²) in [7, 11) is 1.44. The van der Waals surface area contributed by atoms with Crippen LogP contribution in [0.1, 0.15) is 20.0 Å². The number of ether oxygens (including phenoxy) is 1. The van der Waals surface area contributed by atoms with Crippen LogP contribution in [0.25, 0.3) is 0 Å². The van der Waals surface area contributed by atoms with Crippen LogP contribution in [0.4, 0.5) is 10.1 Å². The first-order valence-corrected chi connectivity index (χ1v) is 6.36. The Labute approximate surface area is 117 Å². The molecule has 0 bridgehead atoms. The van der Waals surface area contributed by atoms with Gasteiger partial charge in [-0.15, -0.1) is 11.3 Å². The van der Waals surface area contributed by atoms with Crippen molar-refractivity contribution in [1.29, 1.82) is 0 Å². The number of benzene rings is 1. The van der Waals surface area contributed by atoms with Crippen LogP contribution in [0.5, 0.6) is 5.75 Å². The van der Waals surface area contributed by atoms with Crippen LogP contribution in [0.3, 0.4) is 0 Å². The second-order valence-corrected chi connectivity index (χ2v) is 4.69. The van der Waals surface area contributed by atoms with Crippen LogP contribution in [0, 0.1) is 5.82 Å². The Morgan fingerprint density at radius 2 is 2.10 bits per heavy atom. The van der Waals surface area contributed by atoms with Gasteiger partial charge in [0, 0.05) is 5.69 Å². The minimum atomic E-state index is -1.36. The number of rotatable bonds is 4. The molecule has 2 rings (SSSR count). The number of hydrogen-bond donors (Lipinski definition) is 2. The maximum atomic E-state index is 13.5. The largest absolute Gasteiger partial charge is 0.495 e. The number of aromatic carboxylic acids is 1. The molecule has 0 saturated heterocycles. The van der Waals surface area contributed by atoms with Crippen LogP contribution < -0.4 is 10.1 Å². The number of anilines is 1. The summed E-state index contributed by atoms with van der Waals surface area (Å²) >= 11 is 1.19. The lowest BCUT2D eigenvalue weighted by Gasteiger charge is -2.06. The number of halogens is 1. The molecule has 0 aliphatic rings. The van der Waals surface area contributed by atoms with E-state index in [9.17, 15) is 14.0 Å². The third-order valence-electron chi connectivity index (χ3n) is 2.51. The number of nitrogens with one attached hydrogen (secondary N) is 1. The van der Waals surface area contributed by atoms with E-state index < -0.39 is 23.3 Å². The summed E-state index contributed by atoms with van der Waals surface area (Å²) in [6.07, 6.45) is 0. The molecule has 0 aliphatic carbocycles. The molecule has 1 amide bonds. The fourth-order valence-electron chi connectivity index (χ4n) is 1.58. The second-order valence-electron chi connectivity index (χ2n) is 3.77. The van der Waals surface area contributed by atoms with E-state index in [1.165, 1.54) is 24.5 Å². The SMILES string of the molecule is COc1ccsc1C(=O)Nc1ccc(C(=O)O)c(F)c1. The summed E-state index contributed by atoms with van der Waals surface area (Å²) in [6.45, 7) is 0. The van der Waals surface area contributed by atoms with Crippen LogP contribution in [-0.4, -0.2) is 24.1 Å². The average Bonchev–Trinajstić information content (AvgIpc) is 2.86. The summed E-state index contributed by atoms with van der Waals surface area (Å²) in [5, 5.41) is 12.9. The highest BCUT2D eigenvalue weighted by Gasteiger charge is 2.16. The average molecular weight is 295 g/mol. The van der Waals surface area contributed by atoms with E-state index >= 15 is 0 Å². The topological polar surface area (TPSA) is 75.6 Å². The standard InChI is InChI=1S/C13H10FNO4S/c1-19-10-4-5-20-11(10)12(16)15-7-2-3-8(13(17)18)9(14)6-7/h2-6H,1H3,(H,15,16)(H,17,18). The number of hydrogen-bond acceptors (Lipinski definition) is 4. The summed E-state index contributed by atoms with van der Waals surface area (Å²) in [5.41, 5.74) is -0.273. The van der Waals surface area contributed by atoms with Crippen molar-refractivity contribution in [3.8, 4) is 5.75 Å². The number of carboxylic acid groups (broad SMARTS) is 1. The third kappa shape index (κ3) is 2.77. The fraction of sp³-hybridized carbons (Fsp3) is 0.0769. The Morgan fingerprint density at radius 3 is 2.70 bits per heavy atom. The molecule has 1 aromatic heterocycles. The van der Waals surface area contributed by atoms with Crippen molar-refractivity contribution in [2.75, 3.05) is 12.4 Å². The molecule has 0 fully saturated rings. The van der Waals surface area contributed by atoms with Gasteiger partial charge in [-0.3, -0.25) is 4.79 Å². The van der Waals surface area contributed by atoms with Gasteiger partial charge in [0.25, 0.3) is 5.91 Å². The predicted octanol–water partition coefficient (Wildman–Crippen LogP) is 2.85. The molecule has 2 aromatic rings. The molecule has 2 N–H and O–H groups in total. The molecule has 20 heavy (non-hydrogen) atoms. The van der Waals surface area contributed by atoms with Gasteiger partial charge >= 0.3 is 5.97 Å². The Balaban J connectivity index is 2.20. The molecule has 0 radical (unpaired) electrons. The van der Waals surface area contributed by atoms with Gasteiger partial charge in [0.1, 0.15) is 16.4 Å². The highest BCUT2D eigenvalue weighted by Crippen LogP contribution is 2.25. The van der Waals surface area contributed by atoms with Gasteiger partial charge in [0.15, 0.2) is 0 Å². The minimum Gasteiger partial charge on any atom is -0.495 e. The maximum absolute atomic E-state index is 13.5. The summed E-state index contributed by atoms with van der Waals surface area (Å²) in [6, 6.07) is 5.03. The summed E-state index contributed by atoms with van der Waals surface area (Å²) in [5.74, 6) is -2.29. The normalized spacial score (nSPS) is 10.1. The van der Waals surface area contributed by atoms with Gasteiger partial charge in [-0.2, -0.15) is 0 Å². The minimum absolute atomic E-state index is 0.174. The van der Waals surface area contributed by atoms with E-state index in [0.717, 1.165) is 12.1 Å². The molecular weight excluding hydrogens is 285 g/mol. The molecule has 5 nitrogen and oxygen atoms in total. The Kier molecular flexibility index (Phi) is 3.99. The molecule has 7 heteroatoms. The van der Waals surface area contributed by atoms with Gasteiger partial charge in [-0.1, -0.05) is 0 Å². The maximum Gasteiger partial charge on any atom is 0.338 e. The van der Waals surface area contributed by atoms with E-state index in [2.05, 4.69) is 5.32 Å². The van der Waals surface area contributed by atoms with Crippen LogP contribution in [0.15, 0.2) is 29.6 Å². The first kappa shape index (κ1) is 14.0. The van der Waals surface area contributed by atoms with Crippen molar-refractivity contribution in [3.05, 3.63) is 45.9 Å². The van der Waals surface area contributed by atoms with E-state index in [4.69, 9.17) is 9.84 Å². The van der Waals surface area contributed by atoms with Gasteiger partial charge in [-0.25, -0.2) is 9.18 Å². The molecule has 104 valence electrons. The molecule has 1 aromatic carbocycles. The Bertz CT molecular complexity index is 668. The molecule has 0 aliphatic heterocycles. The van der Waals surface area contributed by atoms with Crippen molar-refractivity contribution in [2.24, 2.45) is 0 Å². The Morgan fingerprint density at radius 1 is 1.35 bits per heavy atom. The van der Waals surface area contributed by atoms with Crippen molar-refractivity contribution in [3.63, 3.8) is 0 Å². The van der Waals surface area contributed by atoms with E-state index in [0.29, 0.717) is 10.6 Å². The molecule has 0 spiro atoms. The summed E-state index contributed by atoms with van der Waals surface area (Å²) in [4.78, 5) is 23.0. The molecular formula is C13H10FNO4S. The fourth-order valence-corrected chi connectivity index (χ4v) is 2.33. The lowest BCUT2D eigenvalue weighted by molar-refractivity contribution is 0.0692. The van der Waals surface area contributed by atoms with Gasteiger partial charge in [0.2, 0.25) is 0 Å². The zero-order chi connectivity index (χ0) is 14.7. The van der Waals surface area contributed by atoms with Gasteiger partial charge in [-0.05, 0) is 29.6 Å². The number of thiophene rings is 1. The van der Waals surface area contributed by atoms with E-state index in [-0.39, 0.29) is 5.69 Å². The number of methoxy groups -OCH3 is 1. The van der Waals surface area contributed by atoms with Gasteiger partial charge < -0.3 is 15.2 Å². The quantitative estimate of drug-likeness (QED) is 0.909. The zero-order valence-electron chi connectivity index (χ0n) is 10.3. The van der Waals surface area contributed by atoms with Crippen molar-refractivity contribution < 1.29 is 23.8 Å². The van der Waals surface area contributed by atoms with Crippen LogP contribution >= 0.6 is 11.3 Å². The zero-order valence-corrected chi connectivity index (χ0v) is 11.2. The number of carboxylic acids is 1.